The molecule has 2 aromatic rings. The Morgan fingerprint density at radius 3 is 2.59 bits per heavy atom. The van der Waals surface area contributed by atoms with Crippen molar-refractivity contribution >= 4 is 41.4 Å². The lowest BCUT2D eigenvalue weighted by molar-refractivity contribution is 0.0342. The molecule has 8 nitrogen and oxygen atoms in total. The quantitative estimate of drug-likeness (QED) is 0.723. The summed E-state index contributed by atoms with van der Waals surface area (Å²) >= 11 is 0. The van der Waals surface area contributed by atoms with Crippen LogP contribution in [-0.4, -0.2) is 60.3 Å². The molecule has 2 aliphatic rings. The minimum atomic E-state index is 0. The van der Waals surface area contributed by atoms with Crippen molar-refractivity contribution < 1.29 is 20.4 Å². The SMILES string of the molecule is CCOc1cc(CN2CCOCC2)cc2[nH]c(=O)c3c(c12)NCCC3.Cl.Cl.O.O. The van der Waals surface area contributed by atoms with Gasteiger partial charge in [-0.1, -0.05) is 0 Å². The van der Waals surface area contributed by atoms with E-state index < -0.39 is 0 Å². The lowest BCUT2D eigenvalue weighted by Gasteiger charge is -2.27. The average molecular weight is 452 g/mol. The molecule has 0 aliphatic carbocycles. The molecule has 6 N–H and O–H groups in total. The van der Waals surface area contributed by atoms with Gasteiger partial charge >= 0.3 is 0 Å². The maximum atomic E-state index is 12.5. The van der Waals surface area contributed by atoms with Crippen LogP contribution >= 0.6 is 24.8 Å². The van der Waals surface area contributed by atoms with Crippen molar-refractivity contribution in [2.24, 2.45) is 0 Å². The summed E-state index contributed by atoms with van der Waals surface area (Å²) in [6.45, 7) is 7.75. The second kappa shape index (κ2) is 12.2. The van der Waals surface area contributed by atoms with E-state index in [2.05, 4.69) is 27.3 Å². The van der Waals surface area contributed by atoms with E-state index in [1.807, 2.05) is 6.92 Å². The van der Waals surface area contributed by atoms with Crippen LogP contribution in [0.4, 0.5) is 5.69 Å². The molecular formula is C19H31Cl2N3O5. The van der Waals surface area contributed by atoms with Crippen LogP contribution in [0.5, 0.6) is 5.75 Å². The third kappa shape index (κ3) is 5.75. The first-order chi connectivity index (χ1) is 12.3. The third-order valence-electron chi connectivity index (χ3n) is 4.95. The summed E-state index contributed by atoms with van der Waals surface area (Å²) in [5.41, 5.74) is 3.82. The molecule has 1 saturated heterocycles. The van der Waals surface area contributed by atoms with Crippen LogP contribution in [-0.2, 0) is 17.7 Å². The third-order valence-corrected chi connectivity index (χ3v) is 4.95. The number of morpholine rings is 1. The first-order valence-corrected chi connectivity index (χ1v) is 9.15. The molecule has 0 amide bonds. The largest absolute Gasteiger partial charge is 0.493 e. The Bertz CT molecular complexity index is 841. The number of nitrogens with zero attached hydrogens (tertiary/aromatic N) is 1. The number of aromatic amines is 1. The number of fused-ring (bicyclic) bond motifs is 3. The normalized spacial score (nSPS) is 15.5. The van der Waals surface area contributed by atoms with Gasteiger partial charge in [0.2, 0.25) is 0 Å². The summed E-state index contributed by atoms with van der Waals surface area (Å²) in [6, 6.07) is 4.21. The molecule has 0 unspecified atom stereocenters. The maximum Gasteiger partial charge on any atom is 0.253 e. The van der Waals surface area contributed by atoms with Crippen LogP contribution in [0.15, 0.2) is 16.9 Å². The van der Waals surface area contributed by atoms with E-state index in [0.29, 0.717) is 6.61 Å². The Morgan fingerprint density at radius 1 is 1.17 bits per heavy atom. The monoisotopic (exact) mass is 451 g/mol. The Labute approximate surface area is 182 Å². The van der Waals surface area contributed by atoms with E-state index in [1.54, 1.807) is 0 Å². The molecule has 0 radical (unpaired) electrons. The number of H-pyrrole nitrogens is 1. The first kappa shape index (κ1) is 27.5. The van der Waals surface area contributed by atoms with Crippen molar-refractivity contribution in [2.75, 3.05) is 44.8 Å². The van der Waals surface area contributed by atoms with E-state index in [-0.39, 0.29) is 41.3 Å². The van der Waals surface area contributed by atoms with E-state index in [1.165, 1.54) is 0 Å². The van der Waals surface area contributed by atoms with Crippen molar-refractivity contribution in [3.8, 4) is 5.75 Å². The zero-order chi connectivity index (χ0) is 17.2. The van der Waals surface area contributed by atoms with E-state index in [0.717, 1.165) is 85.7 Å². The number of nitrogens with one attached hydrogen (secondary N) is 2. The highest BCUT2D eigenvalue weighted by atomic mass is 35.5. The molecule has 0 atom stereocenters. The minimum absolute atomic E-state index is 0. The number of hydrogen-bond acceptors (Lipinski definition) is 5. The predicted octanol–water partition coefficient (Wildman–Crippen LogP) is 1.31. The van der Waals surface area contributed by atoms with Gasteiger partial charge in [-0.05, 0) is 37.5 Å². The van der Waals surface area contributed by atoms with Gasteiger partial charge in [0.25, 0.3) is 5.56 Å². The van der Waals surface area contributed by atoms with Gasteiger partial charge in [0.15, 0.2) is 0 Å². The molecule has 29 heavy (non-hydrogen) atoms. The molecule has 1 aromatic carbocycles. The number of anilines is 1. The highest BCUT2D eigenvalue weighted by Gasteiger charge is 2.20. The van der Waals surface area contributed by atoms with Crippen LogP contribution in [0, 0.1) is 0 Å². The summed E-state index contributed by atoms with van der Waals surface area (Å²) in [5.74, 6) is 0.852. The van der Waals surface area contributed by atoms with Crippen molar-refractivity contribution in [1.29, 1.82) is 0 Å². The smallest absolute Gasteiger partial charge is 0.253 e. The van der Waals surface area contributed by atoms with Crippen LogP contribution in [0.2, 0.25) is 0 Å². The van der Waals surface area contributed by atoms with Crippen molar-refractivity contribution in [2.45, 2.75) is 26.3 Å². The molecule has 2 aliphatic heterocycles. The summed E-state index contributed by atoms with van der Waals surface area (Å²) in [6.07, 6.45) is 1.80. The maximum absolute atomic E-state index is 12.5. The van der Waals surface area contributed by atoms with Crippen LogP contribution in [0.3, 0.4) is 0 Å². The molecule has 166 valence electrons. The first-order valence-electron chi connectivity index (χ1n) is 9.15. The van der Waals surface area contributed by atoms with Gasteiger partial charge in [-0.3, -0.25) is 9.69 Å². The summed E-state index contributed by atoms with van der Waals surface area (Å²) < 4.78 is 11.4. The Kier molecular flexibility index (Phi) is 11.6. The van der Waals surface area contributed by atoms with Gasteiger partial charge in [0, 0.05) is 31.7 Å². The number of pyridine rings is 1. The number of halogens is 2. The number of benzene rings is 1. The van der Waals surface area contributed by atoms with Crippen molar-refractivity contribution in [1.82, 2.24) is 9.88 Å². The topological polar surface area (TPSA) is 130 Å². The number of aromatic nitrogens is 1. The highest BCUT2D eigenvalue weighted by Crippen LogP contribution is 2.36. The molecular weight excluding hydrogens is 421 g/mol. The van der Waals surface area contributed by atoms with Crippen LogP contribution in [0.1, 0.15) is 24.5 Å². The van der Waals surface area contributed by atoms with Gasteiger partial charge in [0.05, 0.1) is 36.4 Å². The van der Waals surface area contributed by atoms with Gasteiger partial charge in [-0.2, -0.15) is 0 Å². The fourth-order valence-corrected chi connectivity index (χ4v) is 3.78. The van der Waals surface area contributed by atoms with Crippen LogP contribution < -0.4 is 15.6 Å². The second-order valence-electron chi connectivity index (χ2n) is 6.68. The molecule has 0 bridgehead atoms. The Balaban J connectivity index is 0.00000196. The van der Waals surface area contributed by atoms with Gasteiger partial charge < -0.3 is 30.7 Å². The van der Waals surface area contributed by atoms with E-state index in [4.69, 9.17) is 9.47 Å². The van der Waals surface area contributed by atoms with E-state index >= 15 is 0 Å². The second-order valence-corrected chi connectivity index (χ2v) is 6.68. The minimum Gasteiger partial charge on any atom is -0.493 e. The van der Waals surface area contributed by atoms with E-state index in [9.17, 15) is 4.79 Å². The predicted molar refractivity (Wildman–Crippen MR) is 120 cm³/mol. The molecule has 0 saturated carbocycles. The number of hydrogen-bond donors (Lipinski definition) is 2. The molecule has 1 fully saturated rings. The van der Waals surface area contributed by atoms with Gasteiger partial charge in [-0.15, -0.1) is 24.8 Å². The zero-order valence-corrected chi connectivity index (χ0v) is 18.1. The highest BCUT2D eigenvalue weighted by molar-refractivity contribution is 5.98. The number of rotatable bonds is 4. The summed E-state index contributed by atoms with van der Waals surface area (Å²) in [4.78, 5) is 17.9. The lowest BCUT2D eigenvalue weighted by Crippen LogP contribution is -2.35. The van der Waals surface area contributed by atoms with Gasteiger partial charge in [-0.25, -0.2) is 0 Å². The Morgan fingerprint density at radius 2 is 1.90 bits per heavy atom. The van der Waals surface area contributed by atoms with Crippen LogP contribution in [0.25, 0.3) is 10.9 Å². The number of ether oxygens (including phenoxy) is 2. The van der Waals surface area contributed by atoms with Crippen molar-refractivity contribution in [3.05, 3.63) is 33.6 Å². The fraction of sp³-hybridized carbons (Fsp3) is 0.526. The summed E-state index contributed by atoms with van der Waals surface area (Å²) in [5, 5.41) is 4.42. The molecule has 3 heterocycles. The molecule has 0 spiro atoms. The molecule has 1 aromatic heterocycles. The lowest BCUT2D eigenvalue weighted by atomic mass is 9.99. The standard InChI is InChI=1S/C19H25N3O3.2ClH.2H2O/c1-2-25-16-11-13(12-22-6-8-24-9-7-22)10-15-17(16)18-14(19(23)21-15)4-3-5-20-18;;;;/h10-11,20H,2-9,12H2,1H3,(H,21,23);2*1H;2*1H2. The fourth-order valence-electron chi connectivity index (χ4n) is 3.78. The molecule has 4 rings (SSSR count). The van der Waals surface area contributed by atoms with Gasteiger partial charge in [0.1, 0.15) is 5.75 Å². The van der Waals surface area contributed by atoms with Crippen molar-refractivity contribution in [3.63, 3.8) is 0 Å². The zero-order valence-electron chi connectivity index (χ0n) is 16.5. The average Bonchev–Trinajstić information content (AvgIpc) is 2.63. The Hall–Kier alpha value is -1.55. The summed E-state index contributed by atoms with van der Waals surface area (Å²) in [7, 11) is 0. The molecule has 10 heteroatoms.